The molecular weight excluding hydrogens is 294 g/mol. The van der Waals surface area contributed by atoms with E-state index in [2.05, 4.69) is 4.57 Å². The van der Waals surface area contributed by atoms with Crippen molar-refractivity contribution in [1.82, 2.24) is 0 Å². The van der Waals surface area contributed by atoms with Crippen molar-refractivity contribution in [3.8, 4) is 0 Å². The largest absolute Gasteiger partial charge is 1.00 e. The normalized spacial score (nSPS) is 9.61. The Morgan fingerprint density at radius 2 is 2.00 bits per heavy atom. The fourth-order valence-electron chi connectivity index (χ4n) is 1.74. The van der Waals surface area contributed by atoms with Gasteiger partial charge in [0.15, 0.2) is 18.4 Å². The van der Waals surface area contributed by atoms with E-state index < -0.39 is 5.97 Å². The maximum absolute atomic E-state index is 10.9. The summed E-state index contributed by atoms with van der Waals surface area (Å²) in [5.41, 5.74) is 2.47. The number of halogens is 1. The zero-order chi connectivity index (χ0) is 12.3. The van der Waals surface area contributed by atoms with Gasteiger partial charge in [-0.25, -0.2) is 4.79 Å². The molecule has 2 rings (SSSR count). The van der Waals surface area contributed by atoms with Crippen molar-refractivity contribution in [2.75, 3.05) is 0 Å². The molecule has 0 saturated carbocycles. The van der Waals surface area contributed by atoms with Gasteiger partial charge < -0.3 is 22.1 Å². The highest BCUT2D eigenvalue weighted by atomic mass is 79.9. The summed E-state index contributed by atoms with van der Waals surface area (Å²) < 4.78 is 2.08. The van der Waals surface area contributed by atoms with Crippen LogP contribution in [0.1, 0.15) is 21.6 Å². The quantitative estimate of drug-likeness (QED) is 0.742. The van der Waals surface area contributed by atoms with Crippen molar-refractivity contribution >= 4 is 5.97 Å². The number of rotatable bonds is 3. The van der Waals surface area contributed by atoms with E-state index in [1.807, 2.05) is 37.4 Å². The summed E-state index contributed by atoms with van der Waals surface area (Å²) in [5, 5.41) is 8.92. The number of aromatic carboxylic acids is 1. The van der Waals surface area contributed by atoms with Crippen LogP contribution in [0.5, 0.6) is 0 Å². The topological polar surface area (TPSA) is 41.2 Å². The molecule has 1 aromatic carbocycles. The van der Waals surface area contributed by atoms with Gasteiger partial charge in [0.25, 0.3) is 0 Å². The van der Waals surface area contributed by atoms with Gasteiger partial charge in [-0.1, -0.05) is 18.2 Å². The summed E-state index contributed by atoms with van der Waals surface area (Å²) in [6, 6.07) is 13.0. The molecule has 1 aromatic heterocycles. The van der Waals surface area contributed by atoms with E-state index in [0.717, 1.165) is 11.3 Å². The van der Waals surface area contributed by atoms with Crippen molar-refractivity contribution < 1.29 is 31.4 Å². The van der Waals surface area contributed by atoms with Gasteiger partial charge in [0.05, 0.1) is 5.56 Å². The molecule has 0 fully saturated rings. The zero-order valence-electron chi connectivity index (χ0n) is 10.0. The predicted molar refractivity (Wildman–Crippen MR) is 63.9 cm³/mol. The smallest absolute Gasteiger partial charge is 0.335 e. The van der Waals surface area contributed by atoms with Gasteiger partial charge in [0, 0.05) is 24.6 Å². The minimum absolute atomic E-state index is 0. The molecule has 3 nitrogen and oxygen atoms in total. The van der Waals surface area contributed by atoms with Crippen molar-refractivity contribution in [1.29, 1.82) is 0 Å². The van der Waals surface area contributed by atoms with Crippen LogP contribution < -0.4 is 21.5 Å². The lowest BCUT2D eigenvalue weighted by Crippen LogP contribution is -3.00. The molecule has 0 unspecified atom stereocenters. The Kier molecular flexibility index (Phi) is 5.04. The third-order valence-corrected chi connectivity index (χ3v) is 2.69. The molecule has 1 heterocycles. The molecule has 18 heavy (non-hydrogen) atoms. The minimum Gasteiger partial charge on any atom is -1.00 e. The summed E-state index contributed by atoms with van der Waals surface area (Å²) >= 11 is 0. The second-order valence-electron chi connectivity index (χ2n) is 3.98. The van der Waals surface area contributed by atoms with Gasteiger partial charge in [-0.3, -0.25) is 0 Å². The highest BCUT2D eigenvalue weighted by Gasteiger charge is 2.08. The molecule has 0 aliphatic heterocycles. The monoisotopic (exact) mass is 307 g/mol. The third kappa shape index (κ3) is 3.40. The van der Waals surface area contributed by atoms with Crippen LogP contribution >= 0.6 is 0 Å². The maximum atomic E-state index is 10.9. The molecule has 0 amide bonds. The first-order valence-corrected chi connectivity index (χ1v) is 5.44. The van der Waals surface area contributed by atoms with E-state index in [1.165, 1.54) is 0 Å². The highest BCUT2D eigenvalue weighted by Crippen LogP contribution is 2.05. The van der Waals surface area contributed by atoms with Gasteiger partial charge in [0.2, 0.25) is 0 Å². The molecule has 0 atom stereocenters. The molecule has 94 valence electrons. The Morgan fingerprint density at radius 1 is 1.22 bits per heavy atom. The fourth-order valence-corrected chi connectivity index (χ4v) is 1.74. The van der Waals surface area contributed by atoms with Crippen molar-refractivity contribution in [2.24, 2.45) is 0 Å². The molecule has 0 aliphatic rings. The van der Waals surface area contributed by atoms with Crippen LogP contribution in [0.25, 0.3) is 0 Å². The second kappa shape index (κ2) is 6.31. The molecular formula is C14H14BrNO2. The van der Waals surface area contributed by atoms with Gasteiger partial charge in [0.1, 0.15) is 0 Å². The molecule has 4 heteroatoms. The van der Waals surface area contributed by atoms with Crippen LogP contribution in [0, 0.1) is 6.92 Å². The average Bonchev–Trinajstić information content (AvgIpc) is 2.32. The van der Waals surface area contributed by atoms with E-state index >= 15 is 0 Å². The first-order chi connectivity index (χ1) is 8.16. The van der Waals surface area contributed by atoms with Crippen LogP contribution in [0.2, 0.25) is 0 Å². The van der Waals surface area contributed by atoms with Gasteiger partial charge in [-0.2, -0.15) is 4.57 Å². The molecule has 0 aliphatic carbocycles. The lowest BCUT2D eigenvalue weighted by atomic mass is 10.1. The SMILES string of the molecule is Cc1cccc[n+]1Cc1cccc(C(=O)O)c1.[Br-]. The number of carboxylic acid groups (broad SMARTS) is 1. The van der Waals surface area contributed by atoms with Crippen molar-refractivity contribution in [2.45, 2.75) is 13.5 Å². The molecule has 0 saturated heterocycles. The minimum atomic E-state index is -0.887. The summed E-state index contributed by atoms with van der Waals surface area (Å²) in [7, 11) is 0. The van der Waals surface area contributed by atoms with E-state index in [4.69, 9.17) is 5.11 Å². The highest BCUT2D eigenvalue weighted by molar-refractivity contribution is 5.87. The summed E-state index contributed by atoms with van der Waals surface area (Å²) in [6.45, 7) is 2.72. The Balaban J connectivity index is 0.00000162. The van der Waals surface area contributed by atoms with Crippen LogP contribution in [0.15, 0.2) is 48.7 Å². The van der Waals surface area contributed by atoms with Gasteiger partial charge in [-0.05, 0) is 12.1 Å². The Morgan fingerprint density at radius 3 is 2.67 bits per heavy atom. The summed E-state index contributed by atoms with van der Waals surface area (Å²) in [4.78, 5) is 10.9. The summed E-state index contributed by atoms with van der Waals surface area (Å²) in [5.74, 6) is -0.887. The predicted octanol–water partition coefficient (Wildman–Crippen LogP) is -0.967. The standard InChI is InChI=1S/C14H13NO2.BrH/c1-11-5-2-3-8-15(11)10-12-6-4-7-13(9-12)14(16)17;/h2-9H,10H2,1H3;1H. The number of aryl methyl sites for hydroxylation is 1. The molecule has 1 N–H and O–H groups in total. The molecule has 2 aromatic rings. The lowest BCUT2D eigenvalue weighted by molar-refractivity contribution is -0.694. The lowest BCUT2D eigenvalue weighted by Gasteiger charge is -2.01. The Hall–Kier alpha value is -1.68. The van der Waals surface area contributed by atoms with Crippen LogP contribution in [0.3, 0.4) is 0 Å². The molecule has 0 bridgehead atoms. The number of hydrogen-bond donors (Lipinski definition) is 1. The first-order valence-electron chi connectivity index (χ1n) is 5.44. The molecule has 0 radical (unpaired) electrons. The second-order valence-corrected chi connectivity index (χ2v) is 3.98. The number of nitrogens with zero attached hydrogens (tertiary/aromatic N) is 1. The van der Waals surface area contributed by atoms with E-state index in [1.54, 1.807) is 18.2 Å². The first kappa shape index (κ1) is 14.4. The van der Waals surface area contributed by atoms with E-state index in [0.29, 0.717) is 12.1 Å². The van der Waals surface area contributed by atoms with Crippen LogP contribution in [0.4, 0.5) is 0 Å². The average molecular weight is 308 g/mol. The summed E-state index contributed by atoms with van der Waals surface area (Å²) in [6.07, 6.45) is 1.99. The van der Waals surface area contributed by atoms with E-state index in [-0.39, 0.29) is 17.0 Å². The number of carboxylic acids is 1. The fraction of sp³-hybridized carbons (Fsp3) is 0.143. The van der Waals surface area contributed by atoms with E-state index in [9.17, 15) is 4.79 Å². The number of pyridine rings is 1. The number of aromatic nitrogens is 1. The molecule has 0 spiro atoms. The number of benzene rings is 1. The maximum Gasteiger partial charge on any atom is 0.335 e. The number of carbonyl (C=O) groups is 1. The van der Waals surface area contributed by atoms with Gasteiger partial charge in [-0.15, -0.1) is 0 Å². The van der Waals surface area contributed by atoms with Crippen LogP contribution in [-0.4, -0.2) is 11.1 Å². The third-order valence-electron chi connectivity index (χ3n) is 2.69. The van der Waals surface area contributed by atoms with Gasteiger partial charge >= 0.3 is 5.97 Å². The number of hydrogen-bond acceptors (Lipinski definition) is 1. The Labute approximate surface area is 116 Å². The van der Waals surface area contributed by atoms with Crippen molar-refractivity contribution in [3.05, 3.63) is 65.5 Å². The van der Waals surface area contributed by atoms with Crippen LogP contribution in [-0.2, 0) is 6.54 Å². The van der Waals surface area contributed by atoms with Crippen molar-refractivity contribution in [3.63, 3.8) is 0 Å². The Bertz CT molecular complexity index is 555. The zero-order valence-corrected chi connectivity index (χ0v) is 11.6.